The Hall–Kier alpha value is -1.90. The van der Waals surface area contributed by atoms with Crippen molar-refractivity contribution >= 4 is 34.2 Å². The number of aromatic nitrogens is 2. The van der Waals surface area contributed by atoms with Crippen LogP contribution in [0.3, 0.4) is 0 Å². The van der Waals surface area contributed by atoms with E-state index < -0.39 is 5.56 Å². The van der Waals surface area contributed by atoms with Crippen molar-refractivity contribution in [1.82, 2.24) is 9.13 Å². The summed E-state index contributed by atoms with van der Waals surface area (Å²) in [5.41, 5.74) is -0.214. The zero-order valence-electron chi connectivity index (χ0n) is 13.7. The van der Waals surface area contributed by atoms with Crippen LogP contribution >= 0.6 is 22.6 Å². The minimum Gasteiger partial charge on any atom is -0.316 e. The summed E-state index contributed by atoms with van der Waals surface area (Å²) in [6, 6.07) is 7.04. The third-order valence-corrected chi connectivity index (χ3v) is 4.22. The minimum atomic E-state index is -0.465. The molecular formula is C17H20IN3O3. The number of nitrogens with one attached hydrogen (secondary N) is 1. The van der Waals surface area contributed by atoms with Crippen molar-refractivity contribution in [3.63, 3.8) is 0 Å². The third-order valence-electron chi connectivity index (χ3n) is 3.50. The standard InChI is InChI=1S/C17H20IN3O3/c1-3-9-20-11-14(16(23)21(10-4-2)17(20)24)19-15(22)12-5-7-13(18)8-6-12/h5-8,11H,3-4,9-10H2,1-2H3,(H,19,22). The summed E-state index contributed by atoms with van der Waals surface area (Å²) < 4.78 is 3.67. The van der Waals surface area contributed by atoms with Crippen LogP contribution in [0.2, 0.25) is 0 Å². The fourth-order valence-corrected chi connectivity index (χ4v) is 2.72. The average Bonchev–Trinajstić information content (AvgIpc) is 2.56. The molecular weight excluding hydrogens is 421 g/mol. The Labute approximate surface area is 153 Å². The van der Waals surface area contributed by atoms with Crippen molar-refractivity contribution in [2.45, 2.75) is 39.8 Å². The van der Waals surface area contributed by atoms with Crippen molar-refractivity contribution in [2.24, 2.45) is 0 Å². The van der Waals surface area contributed by atoms with Crippen molar-refractivity contribution in [3.05, 3.63) is 60.4 Å². The van der Waals surface area contributed by atoms with Gasteiger partial charge in [-0.25, -0.2) is 4.79 Å². The molecule has 128 valence electrons. The van der Waals surface area contributed by atoms with E-state index in [1.165, 1.54) is 15.3 Å². The maximum atomic E-state index is 12.5. The molecule has 1 heterocycles. The fraction of sp³-hybridized carbons (Fsp3) is 0.353. The molecule has 1 aromatic carbocycles. The molecule has 1 N–H and O–H groups in total. The summed E-state index contributed by atoms with van der Waals surface area (Å²) in [6.45, 7) is 4.67. The summed E-state index contributed by atoms with van der Waals surface area (Å²) in [5.74, 6) is -0.367. The van der Waals surface area contributed by atoms with Gasteiger partial charge in [-0.15, -0.1) is 0 Å². The first-order chi connectivity index (χ1) is 11.5. The van der Waals surface area contributed by atoms with Gasteiger partial charge in [-0.05, 0) is 59.7 Å². The Morgan fingerprint density at radius 2 is 1.71 bits per heavy atom. The molecule has 0 saturated heterocycles. The van der Waals surface area contributed by atoms with Gasteiger partial charge in [0.15, 0.2) is 0 Å². The lowest BCUT2D eigenvalue weighted by Gasteiger charge is -2.13. The minimum absolute atomic E-state index is 0.125. The molecule has 1 aromatic heterocycles. The zero-order chi connectivity index (χ0) is 17.7. The smallest absolute Gasteiger partial charge is 0.316 e. The highest BCUT2D eigenvalue weighted by Crippen LogP contribution is 2.09. The van der Waals surface area contributed by atoms with Crippen LogP contribution in [-0.4, -0.2) is 15.0 Å². The van der Waals surface area contributed by atoms with E-state index >= 15 is 0 Å². The molecule has 0 radical (unpaired) electrons. The number of halogens is 1. The molecule has 0 spiro atoms. The van der Waals surface area contributed by atoms with Gasteiger partial charge < -0.3 is 5.32 Å². The second kappa shape index (κ2) is 8.27. The predicted molar refractivity (Wildman–Crippen MR) is 103 cm³/mol. The number of carbonyl (C=O) groups excluding carboxylic acids is 1. The van der Waals surface area contributed by atoms with Gasteiger partial charge in [0.05, 0.1) is 0 Å². The van der Waals surface area contributed by atoms with Crippen molar-refractivity contribution < 1.29 is 4.79 Å². The van der Waals surface area contributed by atoms with Gasteiger partial charge in [0.25, 0.3) is 11.5 Å². The number of amides is 1. The lowest BCUT2D eigenvalue weighted by Crippen LogP contribution is -2.41. The van der Waals surface area contributed by atoms with E-state index in [2.05, 4.69) is 27.9 Å². The summed E-state index contributed by atoms with van der Waals surface area (Å²) in [6.07, 6.45) is 2.86. The van der Waals surface area contributed by atoms with E-state index in [4.69, 9.17) is 0 Å². The highest BCUT2D eigenvalue weighted by atomic mass is 127. The van der Waals surface area contributed by atoms with Crippen molar-refractivity contribution in [1.29, 1.82) is 0 Å². The van der Waals surface area contributed by atoms with E-state index in [-0.39, 0.29) is 17.3 Å². The summed E-state index contributed by atoms with van der Waals surface area (Å²) >= 11 is 2.16. The summed E-state index contributed by atoms with van der Waals surface area (Å²) in [7, 11) is 0. The number of hydrogen-bond acceptors (Lipinski definition) is 3. The zero-order valence-corrected chi connectivity index (χ0v) is 15.9. The molecule has 0 saturated carbocycles. The van der Waals surface area contributed by atoms with Gasteiger partial charge in [-0.1, -0.05) is 13.8 Å². The van der Waals surface area contributed by atoms with Gasteiger partial charge in [0.2, 0.25) is 0 Å². The molecule has 0 atom stereocenters. The molecule has 1 amide bonds. The first-order valence-corrected chi connectivity index (χ1v) is 8.97. The molecule has 0 aliphatic heterocycles. The molecule has 0 bridgehead atoms. The number of rotatable bonds is 6. The molecule has 0 aliphatic rings. The van der Waals surface area contributed by atoms with Gasteiger partial charge in [-0.3, -0.25) is 18.7 Å². The van der Waals surface area contributed by atoms with E-state index in [1.807, 2.05) is 26.0 Å². The summed E-state index contributed by atoms with van der Waals surface area (Å²) in [4.78, 5) is 37.2. The predicted octanol–water partition coefficient (Wildman–Crippen LogP) is 2.69. The molecule has 2 rings (SSSR count). The maximum absolute atomic E-state index is 12.5. The van der Waals surface area contributed by atoms with Gasteiger partial charge in [0.1, 0.15) is 5.69 Å². The van der Waals surface area contributed by atoms with E-state index in [0.717, 1.165) is 9.99 Å². The molecule has 0 fully saturated rings. The molecule has 24 heavy (non-hydrogen) atoms. The number of aryl methyl sites for hydroxylation is 1. The summed E-state index contributed by atoms with van der Waals surface area (Å²) in [5, 5.41) is 2.64. The van der Waals surface area contributed by atoms with E-state index in [1.54, 1.807) is 12.1 Å². The largest absolute Gasteiger partial charge is 0.331 e. The average molecular weight is 441 g/mol. The van der Waals surface area contributed by atoms with Crippen molar-refractivity contribution in [3.8, 4) is 0 Å². The van der Waals surface area contributed by atoms with Crippen LogP contribution in [0.15, 0.2) is 40.1 Å². The van der Waals surface area contributed by atoms with Gasteiger partial charge >= 0.3 is 5.69 Å². The van der Waals surface area contributed by atoms with Crippen LogP contribution in [0.5, 0.6) is 0 Å². The Balaban J connectivity index is 2.41. The lowest BCUT2D eigenvalue weighted by molar-refractivity contribution is 0.102. The van der Waals surface area contributed by atoms with Gasteiger partial charge in [0, 0.05) is 28.4 Å². The molecule has 6 nitrogen and oxygen atoms in total. The quantitative estimate of drug-likeness (QED) is 0.701. The molecule has 7 heteroatoms. The molecule has 0 aliphatic carbocycles. The van der Waals surface area contributed by atoms with E-state index in [0.29, 0.717) is 25.1 Å². The van der Waals surface area contributed by atoms with Crippen molar-refractivity contribution in [2.75, 3.05) is 5.32 Å². The van der Waals surface area contributed by atoms with Crippen LogP contribution in [-0.2, 0) is 13.1 Å². The number of anilines is 1. The van der Waals surface area contributed by atoms with Crippen LogP contribution in [0.4, 0.5) is 5.69 Å². The van der Waals surface area contributed by atoms with Gasteiger partial charge in [-0.2, -0.15) is 0 Å². The number of hydrogen-bond donors (Lipinski definition) is 1. The Morgan fingerprint density at radius 3 is 2.29 bits per heavy atom. The Kier molecular flexibility index (Phi) is 6.36. The SMILES string of the molecule is CCCn1cc(NC(=O)c2ccc(I)cc2)c(=O)n(CCC)c1=O. The Bertz CT molecular complexity index is 838. The lowest BCUT2D eigenvalue weighted by atomic mass is 10.2. The molecule has 2 aromatic rings. The number of benzene rings is 1. The van der Waals surface area contributed by atoms with E-state index in [9.17, 15) is 14.4 Å². The van der Waals surface area contributed by atoms with Crippen LogP contribution in [0.25, 0.3) is 0 Å². The topological polar surface area (TPSA) is 73.1 Å². The highest BCUT2D eigenvalue weighted by Gasteiger charge is 2.14. The fourth-order valence-electron chi connectivity index (χ4n) is 2.36. The Morgan fingerprint density at radius 1 is 1.08 bits per heavy atom. The third kappa shape index (κ3) is 4.14. The second-order valence-electron chi connectivity index (χ2n) is 5.44. The maximum Gasteiger partial charge on any atom is 0.331 e. The first-order valence-electron chi connectivity index (χ1n) is 7.89. The highest BCUT2D eigenvalue weighted by molar-refractivity contribution is 14.1. The first kappa shape index (κ1) is 18.4. The van der Waals surface area contributed by atoms with Crippen LogP contribution in [0.1, 0.15) is 37.0 Å². The second-order valence-corrected chi connectivity index (χ2v) is 6.68. The normalized spacial score (nSPS) is 10.6. The monoisotopic (exact) mass is 441 g/mol. The van der Waals surface area contributed by atoms with Crippen LogP contribution in [0, 0.1) is 3.57 Å². The number of carbonyl (C=O) groups is 1. The van der Waals surface area contributed by atoms with Crippen LogP contribution < -0.4 is 16.6 Å². The number of nitrogens with zero attached hydrogens (tertiary/aromatic N) is 2. The molecule has 0 unspecified atom stereocenters.